The molecule has 7 heteroatoms. The largest absolute Gasteiger partial charge is 0.509 e. The van der Waals surface area contributed by atoms with E-state index in [9.17, 15) is 0 Å². The normalized spacial score (nSPS) is 13.4. The minimum atomic E-state index is -0.184. The van der Waals surface area contributed by atoms with Gasteiger partial charge in [-0.05, 0) is 122 Å². The number of hydrogen-bond donors (Lipinski definition) is 0. The van der Waals surface area contributed by atoms with Crippen LogP contribution in [0.1, 0.15) is 116 Å². The van der Waals surface area contributed by atoms with Crippen molar-refractivity contribution in [1.82, 2.24) is 14.5 Å². The monoisotopic (exact) mass is 1050 g/mol. The van der Waals surface area contributed by atoms with Crippen molar-refractivity contribution in [1.29, 1.82) is 0 Å². The zero-order valence-electron chi connectivity index (χ0n) is 41.0. The molecule has 1 aliphatic rings. The van der Waals surface area contributed by atoms with Gasteiger partial charge >= 0.3 is 0 Å². The SMILES string of the molecule is Cc1cc(C(C)(C)C)cc(C)c1-c1cc(C(C)(C)C)c(N2[CH-]N(c3[c-]c(Oc4[c-]c5c(cc4)c4ccccc4n5-c4cc(C(C)(C)C)ccn4)ccc3)c3ccncc32)c(C(C)(C)C)c1.[Pt]. The molecule has 3 aromatic heterocycles. The third-order valence-corrected chi connectivity index (χ3v) is 12.8. The number of benzene rings is 5. The van der Waals surface area contributed by atoms with E-state index in [1.165, 1.54) is 50.2 Å². The molecule has 0 amide bonds. The first-order valence-corrected chi connectivity index (χ1v) is 22.9. The number of ether oxygens (including phenoxy) is 1. The summed E-state index contributed by atoms with van der Waals surface area (Å²) in [5.41, 5.74) is 16.0. The molecule has 6 nitrogen and oxygen atoms in total. The first-order valence-electron chi connectivity index (χ1n) is 22.9. The van der Waals surface area contributed by atoms with Gasteiger partial charge in [-0.25, -0.2) is 4.98 Å². The minimum Gasteiger partial charge on any atom is -0.509 e. The van der Waals surface area contributed by atoms with Crippen molar-refractivity contribution < 1.29 is 25.8 Å². The fraction of sp³-hybridized carbons (Fsp3) is 0.305. The van der Waals surface area contributed by atoms with Crippen LogP contribution in [0.15, 0.2) is 116 Å². The number of pyridine rings is 2. The van der Waals surface area contributed by atoms with E-state index < -0.39 is 0 Å². The van der Waals surface area contributed by atoms with Crippen LogP contribution in [-0.2, 0) is 42.7 Å². The average Bonchev–Trinajstić information content (AvgIpc) is 3.78. The van der Waals surface area contributed by atoms with Gasteiger partial charge in [-0.15, -0.1) is 48.1 Å². The summed E-state index contributed by atoms with van der Waals surface area (Å²) in [7, 11) is 0. The second-order valence-corrected chi connectivity index (χ2v) is 22.0. The molecule has 0 unspecified atom stereocenters. The van der Waals surface area contributed by atoms with Crippen molar-refractivity contribution in [3.8, 4) is 28.4 Å². The van der Waals surface area contributed by atoms with Gasteiger partial charge in [-0.1, -0.05) is 119 Å². The molecular formula is C59H62N5OPt-3. The van der Waals surface area contributed by atoms with Crippen LogP contribution in [0.5, 0.6) is 11.5 Å². The van der Waals surface area contributed by atoms with E-state index in [0.717, 1.165) is 44.7 Å². The molecular weight excluding hydrogens is 990 g/mol. The first-order chi connectivity index (χ1) is 30.6. The molecule has 342 valence electrons. The Morgan fingerprint density at radius 1 is 0.576 bits per heavy atom. The predicted octanol–water partition coefficient (Wildman–Crippen LogP) is 15.8. The van der Waals surface area contributed by atoms with E-state index in [1.54, 1.807) is 0 Å². The Kier molecular flexibility index (Phi) is 12.0. The van der Waals surface area contributed by atoms with Gasteiger partial charge in [0, 0.05) is 61.8 Å². The topological polar surface area (TPSA) is 46.4 Å². The van der Waals surface area contributed by atoms with E-state index in [-0.39, 0.29) is 42.7 Å². The van der Waals surface area contributed by atoms with Crippen LogP contribution >= 0.6 is 0 Å². The number of aromatic nitrogens is 3. The maximum absolute atomic E-state index is 6.67. The Bertz CT molecular complexity index is 3080. The number of nitrogens with zero attached hydrogens (tertiary/aromatic N) is 5. The molecule has 0 N–H and O–H groups in total. The molecule has 0 saturated heterocycles. The molecule has 0 spiro atoms. The van der Waals surface area contributed by atoms with Crippen molar-refractivity contribution in [2.75, 3.05) is 9.80 Å². The molecule has 0 fully saturated rings. The molecule has 0 radical (unpaired) electrons. The second kappa shape index (κ2) is 16.9. The smallest absolute Gasteiger partial charge is 0.135 e. The Hall–Kier alpha value is -5.71. The van der Waals surface area contributed by atoms with Crippen molar-refractivity contribution >= 4 is 44.6 Å². The summed E-state index contributed by atoms with van der Waals surface area (Å²) >= 11 is 0. The Labute approximate surface area is 407 Å². The van der Waals surface area contributed by atoms with Crippen molar-refractivity contribution in [3.05, 3.63) is 168 Å². The quantitative estimate of drug-likeness (QED) is 0.155. The third kappa shape index (κ3) is 8.58. The van der Waals surface area contributed by atoms with E-state index >= 15 is 0 Å². The summed E-state index contributed by atoms with van der Waals surface area (Å²) in [6.07, 6.45) is 5.75. The standard InChI is InChI=1S/C59H62N5O.Pt/c1-37-28-41(57(6,7)8)29-38(2)54(37)39-30-47(58(9,10)11)55(48(31-39)59(12,13)14)63-36-62(50-25-26-60-35-52(50)63)42-18-17-19-43(33-42)65-44-22-23-46-45-20-15-16-21-49(45)64(51(46)34-44)53-32-40(24-27-61-53)56(3,4)5;/h15-32,35-36H,1-14H3;/q-3;. The Morgan fingerprint density at radius 3 is 1.88 bits per heavy atom. The van der Waals surface area contributed by atoms with Gasteiger partial charge in [0.25, 0.3) is 0 Å². The second-order valence-electron chi connectivity index (χ2n) is 22.0. The number of rotatable bonds is 6. The fourth-order valence-electron chi connectivity index (χ4n) is 9.35. The molecule has 9 rings (SSSR count). The zero-order chi connectivity index (χ0) is 46.4. The molecule has 0 saturated carbocycles. The van der Waals surface area contributed by atoms with Gasteiger partial charge in [0.15, 0.2) is 0 Å². The fourth-order valence-corrected chi connectivity index (χ4v) is 9.35. The average molecular weight is 1050 g/mol. The van der Waals surface area contributed by atoms with Crippen LogP contribution in [0, 0.1) is 32.6 Å². The molecule has 66 heavy (non-hydrogen) atoms. The van der Waals surface area contributed by atoms with E-state index in [1.807, 2.05) is 36.8 Å². The Morgan fingerprint density at radius 2 is 1.23 bits per heavy atom. The molecule has 0 atom stereocenters. The third-order valence-electron chi connectivity index (χ3n) is 12.8. The van der Waals surface area contributed by atoms with E-state index in [0.29, 0.717) is 11.5 Å². The van der Waals surface area contributed by atoms with Gasteiger partial charge in [-0.2, -0.15) is 12.1 Å². The summed E-state index contributed by atoms with van der Waals surface area (Å²) in [5, 5.41) is 2.23. The number of hydrogen-bond acceptors (Lipinski definition) is 5. The maximum atomic E-state index is 6.67. The van der Waals surface area contributed by atoms with Crippen LogP contribution in [-0.4, -0.2) is 14.5 Å². The van der Waals surface area contributed by atoms with Crippen LogP contribution < -0.4 is 14.5 Å². The molecule has 8 aromatic rings. The summed E-state index contributed by atoms with van der Waals surface area (Å²) in [6.45, 7) is 34.2. The van der Waals surface area contributed by atoms with E-state index in [2.05, 4.69) is 214 Å². The number of aryl methyl sites for hydroxylation is 2. The van der Waals surface area contributed by atoms with Gasteiger partial charge in [0.1, 0.15) is 5.82 Å². The van der Waals surface area contributed by atoms with Crippen LogP contribution in [0.2, 0.25) is 0 Å². The number of anilines is 4. The maximum Gasteiger partial charge on any atom is 0.135 e. The van der Waals surface area contributed by atoms with Gasteiger partial charge in [0.05, 0.1) is 11.9 Å². The zero-order valence-corrected chi connectivity index (χ0v) is 43.3. The van der Waals surface area contributed by atoms with Crippen molar-refractivity contribution in [2.24, 2.45) is 0 Å². The first kappa shape index (κ1) is 46.8. The molecule has 4 heterocycles. The van der Waals surface area contributed by atoms with Gasteiger partial charge < -0.3 is 19.1 Å². The summed E-state index contributed by atoms with van der Waals surface area (Å²) < 4.78 is 8.86. The van der Waals surface area contributed by atoms with Crippen LogP contribution in [0.4, 0.5) is 22.7 Å². The molecule has 0 aliphatic carbocycles. The van der Waals surface area contributed by atoms with E-state index in [4.69, 9.17) is 9.72 Å². The number of para-hydroxylation sites is 1. The van der Waals surface area contributed by atoms with Crippen LogP contribution in [0.25, 0.3) is 38.8 Å². The minimum absolute atomic E-state index is 0. The van der Waals surface area contributed by atoms with Gasteiger partial charge in [-0.3, -0.25) is 4.98 Å². The molecule has 0 bridgehead atoms. The predicted molar refractivity (Wildman–Crippen MR) is 272 cm³/mol. The number of fused-ring (bicyclic) bond motifs is 4. The summed E-state index contributed by atoms with van der Waals surface area (Å²) in [6, 6.07) is 41.9. The van der Waals surface area contributed by atoms with Crippen molar-refractivity contribution in [2.45, 2.75) is 119 Å². The summed E-state index contributed by atoms with van der Waals surface area (Å²) in [4.78, 5) is 14.1. The van der Waals surface area contributed by atoms with Crippen molar-refractivity contribution in [3.63, 3.8) is 0 Å². The Balaban J connectivity index is 0.00000592. The molecule has 1 aliphatic heterocycles. The van der Waals surface area contributed by atoms with Crippen LogP contribution in [0.3, 0.4) is 0 Å². The summed E-state index contributed by atoms with van der Waals surface area (Å²) in [5.74, 6) is 2.04. The molecule has 5 aromatic carbocycles. The van der Waals surface area contributed by atoms with Gasteiger partial charge in [0.2, 0.25) is 0 Å².